The molecule has 0 unspecified atom stereocenters. The third-order valence-electron chi connectivity index (χ3n) is 5.24. The molecule has 0 fully saturated rings. The number of hydrogen-bond acceptors (Lipinski definition) is 6. The second-order valence-electron chi connectivity index (χ2n) is 7.22. The van der Waals surface area contributed by atoms with Gasteiger partial charge < -0.3 is 15.0 Å². The van der Waals surface area contributed by atoms with Gasteiger partial charge in [0, 0.05) is 34.0 Å². The lowest BCUT2D eigenvalue weighted by Crippen LogP contribution is -2.14. The van der Waals surface area contributed by atoms with Crippen LogP contribution in [0.1, 0.15) is 6.92 Å². The van der Waals surface area contributed by atoms with E-state index in [9.17, 15) is 9.90 Å². The van der Waals surface area contributed by atoms with Crippen molar-refractivity contribution < 1.29 is 9.90 Å². The summed E-state index contributed by atoms with van der Waals surface area (Å²) in [6, 6.07) is 20.8. The van der Waals surface area contributed by atoms with Gasteiger partial charge in [-0.25, -0.2) is 0 Å². The third-order valence-corrected chi connectivity index (χ3v) is 6.16. The lowest BCUT2D eigenvalue weighted by molar-refractivity contribution is -0.113. The summed E-state index contributed by atoms with van der Waals surface area (Å²) < 4.78 is 3.80. The molecule has 0 aliphatic heterocycles. The van der Waals surface area contributed by atoms with E-state index in [2.05, 4.69) is 44.5 Å². The predicted molar refractivity (Wildman–Crippen MR) is 125 cm³/mol. The highest BCUT2D eigenvalue weighted by Crippen LogP contribution is 2.31. The van der Waals surface area contributed by atoms with Crippen molar-refractivity contribution >= 4 is 45.2 Å². The zero-order valence-electron chi connectivity index (χ0n) is 17.3. The number of benzene rings is 3. The number of hydrogen-bond donors (Lipinski definition) is 2. The van der Waals surface area contributed by atoms with Crippen LogP contribution in [0.5, 0.6) is 5.75 Å². The van der Waals surface area contributed by atoms with Gasteiger partial charge in [-0.3, -0.25) is 4.79 Å². The molecule has 5 aromatic rings. The first-order chi connectivity index (χ1) is 15.6. The van der Waals surface area contributed by atoms with Gasteiger partial charge in [-0.2, -0.15) is 4.68 Å². The van der Waals surface area contributed by atoms with Gasteiger partial charge in [-0.15, -0.1) is 5.10 Å². The number of nitrogens with one attached hydrogen (secondary N) is 1. The summed E-state index contributed by atoms with van der Waals surface area (Å²) in [7, 11) is 0. The van der Waals surface area contributed by atoms with Crippen LogP contribution in [0.25, 0.3) is 27.5 Å². The number of para-hydroxylation sites is 1. The van der Waals surface area contributed by atoms with Gasteiger partial charge in [0.05, 0.1) is 11.4 Å². The van der Waals surface area contributed by atoms with Crippen molar-refractivity contribution in [1.82, 2.24) is 24.8 Å². The number of aromatic hydroxyl groups is 1. The van der Waals surface area contributed by atoms with E-state index in [1.165, 1.54) is 27.3 Å². The molecule has 0 saturated carbocycles. The molecule has 160 valence electrons. The van der Waals surface area contributed by atoms with Gasteiger partial charge in [0.1, 0.15) is 5.75 Å². The molecule has 0 spiro atoms. The van der Waals surface area contributed by atoms with Gasteiger partial charge in [0.2, 0.25) is 11.1 Å². The highest BCUT2D eigenvalue weighted by atomic mass is 32.2. The number of thioether (sulfide) groups is 1. The molecule has 0 saturated heterocycles. The third kappa shape index (κ3) is 3.67. The Bertz CT molecular complexity index is 1420. The molecule has 1 amide bonds. The maximum Gasteiger partial charge on any atom is 0.234 e. The van der Waals surface area contributed by atoms with Crippen LogP contribution >= 0.6 is 11.8 Å². The lowest BCUT2D eigenvalue weighted by Gasteiger charge is -2.07. The van der Waals surface area contributed by atoms with Crippen molar-refractivity contribution in [3.8, 4) is 11.4 Å². The van der Waals surface area contributed by atoms with E-state index in [0.29, 0.717) is 10.8 Å². The summed E-state index contributed by atoms with van der Waals surface area (Å²) in [6.45, 7) is 3.01. The van der Waals surface area contributed by atoms with Gasteiger partial charge in [0.15, 0.2) is 0 Å². The normalized spacial score (nSPS) is 11.3. The molecule has 0 bridgehead atoms. The summed E-state index contributed by atoms with van der Waals surface area (Å²) in [5, 5.41) is 26.9. The first-order valence-electron chi connectivity index (χ1n) is 10.2. The maximum atomic E-state index is 12.6. The van der Waals surface area contributed by atoms with Crippen molar-refractivity contribution in [3.63, 3.8) is 0 Å². The number of carbonyl (C=O) groups excluding carboxylic acids is 1. The van der Waals surface area contributed by atoms with Crippen molar-refractivity contribution in [2.45, 2.75) is 18.6 Å². The van der Waals surface area contributed by atoms with E-state index in [1.54, 1.807) is 24.3 Å². The van der Waals surface area contributed by atoms with E-state index in [1.807, 2.05) is 30.3 Å². The Kier molecular flexibility index (Phi) is 5.24. The fourth-order valence-electron chi connectivity index (χ4n) is 3.82. The van der Waals surface area contributed by atoms with Gasteiger partial charge in [-0.05, 0) is 65.9 Å². The standard InChI is InChI=1S/C23H20N6O2S/c1-2-28-20-6-4-3-5-18(20)19-13-15(7-12-21(19)28)24-22(31)14-32-23-25-26-27-29(23)16-8-10-17(30)11-9-16/h3-13,30H,2,14H2,1H3,(H,24,31). The summed E-state index contributed by atoms with van der Waals surface area (Å²) in [6.07, 6.45) is 0. The number of anilines is 1. The van der Waals surface area contributed by atoms with Crippen molar-refractivity contribution in [3.05, 3.63) is 66.7 Å². The monoisotopic (exact) mass is 444 g/mol. The minimum atomic E-state index is -0.145. The van der Waals surface area contributed by atoms with E-state index >= 15 is 0 Å². The largest absolute Gasteiger partial charge is 0.508 e. The molecular weight excluding hydrogens is 424 g/mol. The Morgan fingerprint density at radius 2 is 1.81 bits per heavy atom. The molecular formula is C23H20N6O2S. The molecule has 3 aromatic carbocycles. The van der Waals surface area contributed by atoms with Crippen LogP contribution in [0.3, 0.4) is 0 Å². The van der Waals surface area contributed by atoms with Crippen molar-refractivity contribution in [2.24, 2.45) is 0 Å². The van der Waals surface area contributed by atoms with Crippen LogP contribution in [-0.4, -0.2) is 41.5 Å². The van der Waals surface area contributed by atoms with Crippen LogP contribution in [0.15, 0.2) is 71.9 Å². The molecule has 2 N–H and O–H groups in total. The number of tetrazole rings is 1. The number of fused-ring (bicyclic) bond motifs is 3. The quantitative estimate of drug-likeness (QED) is 0.381. The van der Waals surface area contributed by atoms with Crippen LogP contribution in [0.4, 0.5) is 5.69 Å². The SMILES string of the molecule is CCn1c2ccccc2c2cc(NC(=O)CSc3nnnn3-c3ccc(O)cc3)ccc21. The molecule has 2 heterocycles. The Hall–Kier alpha value is -3.85. The molecule has 0 atom stereocenters. The Labute approximate surface area is 187 Å². The Morgan fingerprint density at radius 3 is 2.62 bits per heavy atom. The van der Waals surface area contributed by atoms with E-state index < -0.39 is 0 Å². The first-order valence-corrected chi connectivity index (χ1v) is 11.1. The van der Waals surface area contributed by atoms with Crippen LogP contribution in [0.2, 0.25) is 0 Å². The molecule has 5 rings (SSSR count). The number of phenols is 1. The lowest BCUT2D eigenvalue weighted by atomic mass is 10.1. The van der Waals surface area contributed by atoms with E-state index in [0.717, 1.165) is 23.1 Å². The van der Waals surface area contributed by atoms with Gasteiger partial charge >= 0.3 is 0 Å². The van der Waals surface area contributed by atoms with Crippen LogP contribution < -0.4 is 5.32 Å². The van der Waals surface area contributed by atoms with Crippen molar-refractivity contribution in [1.29, 1.82) is 0 Å². The van der Waals surface area contributed by atoms with E-state index in [-0.39, 0.29) is 17.4 Å². The van der Waals surface area contributed by atoms with Gasteiger partial charge in [0.25, 0.3) is 0 Å². The number of amides is 1. The average Bonchev–Trinajstić information content (AvgIpc) is 3.40. The number of aryl methyl sites for hydroxylation is 1. The summed E-state index contributed by atoms with van der Waals surface area (Å²) in [5.74, 6) is 0.177. The van der Waals surface area contributed by atoms with E-state index in [4.69, 9.17) is 0 Å². The molecule has 8 nitrogen and oxygen atoms in total. The second kappa shape index (κ2) is 8.35. The minimum Gasteiger partial charge on any atom is -0.508 e. The van der Waals surface area contributed by atoms with Crippen LogP contribution in [-0.2, 0) is 11.3 Å². The maximum absolute atomic E-state index is 12.6. The molecule has 0 aliphatic carbocycles. The average molecular weight is 445 g/mol. The summed E-state index contributed by atoms with van der Waals surface area (Å²) in [4.78, 5) is 12.6. The fraction of sp³-hybridized carbons (Fsp3) is 0.130. The molecule has 0 aliphatic rings. The summed E-state index contributed by atoms with van der Waals surface area (Å²) in [5.41, 5.74) is 3.79. The smallest absolute Gasteiger partial charge is 0.234 e. The Morgan fingerprint density at radius 1 is 1.03 bits per heavy atom. The van der Waals surface area contributed by atoms with Crippen LogP contribution in [0, 0.1) is 0 Å². The number of phenolic OH excluding ortho intramolecular Hbond substituents is 1. The number of rotatable bonds is 6. The highest BCUT2D eigenvalue weighted by molar-refractivity contribution is 7.99. The summed E-state index contributed by atoms with van der Waals surface area (Å²) >= 11 is 1.24. The number of nitrogens with zero attached hydrogens (tertiary/aromatic N) is 5. The minimum absolute atomic E-state index is 0.145. The topological polar surface area (TPSA) is 97.9 Å². The fourth-order valence-corrected chi connectivity index (χ4v) is 4.51. The highest BCUT2D eigenvalue weighted by Gasteiger charge is 2.13. The van der Waals surface area contributed by atoms with Gasteiger partial charge in [-0.1, -0.05) is 30.0 Å². The second-order valence-corrected chi connectivity index (χ2v) is 8.16. The molecule has 32 heavy (non-hydrogen) atoms. The molecule has 9 heteroatoms. The predicted octanol–water partition coefficient (Wildman–Crippen LogP) is 4.23. The molecule has 2 aromatic heterocycles. The number of carbonyl (C=O) groups is 1. The zero-order valence-corrected chi connectivity index (χ0v) is 18.1. The van der Waals surface area contributed by atoms with Crippen molar-refractivity contribution in [2.75, 3.05) is 11.1 Å². The number of aromatic nitrogens is 5. The Balaban J connectivity index is 1.33. The zero-order chi connectivity index (χ0) is 22.1. The first kappa shape index (κ1) is 20.1. The molecule has 0 radical (unpaired) electrons.